The van der Waals surface area contributed by atoms with Gasteiger partial charge in [-0.05, 0) is 46.7 Å². The molecule has 8 heteroatoms. The van der Waals surface area contributed by atoms with Gasteiger partial charge < -0.3 is 20.7 Å². The van der Waals surface area contributed by atoms with Gasteiger partial charge in [0.1, 0.15) is 0 Å². The van der Waals surface area contributed by atoms with Gasteiger partial charge in [0.05, 0.1) is 19.3 Å². The predicted molar refractivity (Wildman–Crippen MR) is 92.6 cm³/mol. The van der Waals surface area contributed by atoms with Gasteiger partial charge in [0.15, 0.2) is 5.11 Å². The summed E-state index contributed by atoms with van der Waals surface area (Å²) in [4.78, 5) is 22.7. The monoisotopic (exact) mass is 387 g/mol. The van der Waals surface area contributed by atoms with Gasteiger partial charge in [-0.2, -0.15) is 0 Å². The van der Waals surface area contributed by atoms with Crippen LogP contribution in [0.25, 0.3) is 0 Å². The number of nitrogens with one attached hydrogen (secondary N) is 3. The second kappa shape index (κ2) is 10.1. The van der Waals surface area contributed by atoms with Gasteiger partial charge in [-0.15, -0.1) is 0 Å². The van der Waals surface area contributed by atoms with Crippen molar-refractivity contribution in [3.63, 3.8) is 0 Å². The number of carbonyl (C=O) groups excluding carboxylic acids is 2. The zero-order chi connectivity index (χ0) is 16.4. The summed E-state index contributed by atoms with van der Waals surface area (Å²) in [6.45, 7) is 0.594. The Morgan fingerprint density at radius 3 is 2.68 bits per heavy atom. The van der Waals surface area contributed by atoms with Crippen LogP contribution in [0.5, 0.6) is 0 Å². The third-order valence-corrected chi connectivity index (χ3v) is 3.61. The minimum Gasteiger partial charge on any atom is -0.469 e. The molecule has 0 saturated carbocycles. The van der Waals surface area contributed by atoms with Crippen LogP contribution in [0.3, 0.4) is 0 Å². The zero-order valence-electron chi connectivity index (χ0n) is 12.1. The van der Waals surface area contributed by atoms with Crippen LogP contribution in [-0.2, 0) is 14.3 Å². The molecule has 0 aliphatic heterocycles. The molecule has 0 unspecified atom stereocenters. The van der Waals surface area contributed by atoms with Crippen LogP contribution in [0.4, 0.5) is 5.69 Å². The molecule has 0 heterocycles. The summed E-state index contributed by atoms with van der Waals surface area (Å²) in [6, 6.07) is 7.34. The Morgan fingerprint density at radius 2 is 2.00 bits per heavy atom. The van der Waals surface area contributed by atoms with Crippen molar-refractivity contribution in [1.29, 1.82) is 0 Å². The van der Waals surface area contributed by atoms with E-state index in [1.807, 2.05) is 18.2 Å². The lowest BCUT2D eigenvalue weighted by atomic mass is 10.3. The molecule has 0 bridgehead atoms. The van der Waals surface area contributed by atoms with Crippen LogP contribution in [-0.4, -0.2) is 37.2 Å². The number of amides is 1. The summed E-state index contributed by atoms with van der Waals surface area (Å²) < 4.78 is 5.34. The van der Waals surface area contributed by atoms with Crippen molar-refractivity contribution in [3.8, 4) is 0 Å². The predicted octanol–water partition coefficient (Wildman–Crippen LogP) is 1.80. The van der Waals surface area contributed by atoms with Gasteiger partial charge in [0, 0.05) is 17.4 Å². The highest BCUT2D eigenvalue weighted by Gasteiger charge is 2.06. The van der Waals surface area contributed by atoms with E-state index in [4.69, 9.17) is 12.2 Å². The normalized spacial score (nSPS) is 9.73. The molecule has 1 aromatic rings. The first-order chi connectivity index (χ1) is 10.5. The Balaban J connectivity index is 2.19. The Morgan fingerprint density at radius 1 is 1.27 bits per heavy atom. The molecule has 0 aliphatic carbocycles. The van der Waals surface area contributed by atoms with Crippen molar-refractivity contribution in [3.05, 3.63) is 28.7 Å². The van der Waals surface area contributed by atoms with E-state index < -0.39 is 0 Å². The molecule has 1 rings (SSSR count). The summed E-state index contributed by atoms with van der Waals surface area (Å²) >= 11 is 8.40. The van der Waals surface area contributed by atoms with Crippen molar-refractivity contribution in [2.75, 3.05) is 25.5 Å². The number of hydrogen-bond donors (Lipinski definition) is 3. The van der Waals surface area contributed by atoms with E-state index in [-0.39, 0.29) is 18.4 Å². The highest BCUT2D eigenvalue weighted by Crippen LogP contribution is 2.20. The van der Waals surface area contributed by atoms with Gasteiger partial charge in [-0.25, -0.2) is 0 Å². The van der Waals surface area contributed by atoms with Crippen LogP contribution in [0, 0.1) is 0 Å². The van der Waals surface area contributed by atoms with E-state index in [0.717, 1.165) is 4.47 Å². The quantitative estimate of drug-likeness (QED) is 0.376. The van der Waals surface area contributed by atoms with Crippen LogP contribution in [0.2, 0.25) is 0 Å². The van der Waals surface area contributed by atoms with Crippen molar-refractivity contribution < 1.29 is 14.3 Å². The fourth-order valence-corrected chi connectivity index (χ4v) is 2.07. The number of esters is 1. The maximum atomic E-state index is 11.8. The maximum Gasteiger partial charge on any atom is 0.305 e. The smallest absolute Gasteiger partial charge is 0.305 e. The summed E-state index contributed by atoms with van der Waals surface area (Å²) in [6.07, 6.45) is 0.937. The van der Waals surface area contributed by atoms with E-state index in [0.29, 0.717) is 30.2 Å². The molecule has 0 aromatic heterocycles. The molecule has 0 spiro atoms. The lowest BCUT2D eigenvalue weighted by molar-refractivity contribution is -0.140. The van der Waals surface area contributed by atoms with Gasteiger partial charge in [0.25, 0.3) is 0 Å². The molecule has 6 nitrogen and oxygen atoms in total. The largest absolute Gasteiger partial charge is 0.469 e. The van der Waals surface area contributed by atoms with Gasteiger partial charge in [-0.1, -0.05) is 12.1 Å². The van der Waals surface area contributed by atoms with E-state index in [1.165, 1.54) is 7.11 Å². The molecule has 1 amide bonds. The number of anilines is 1. The van der Waals surface area contributed by atoms with Gasteiger partial charge in [0.2, 0.25) is 5.91 Å². The standard InChI is InChI=1S/C14H18BrN3O3S/c1-21-13(20)7-4-8-16-14(22)17-9-12(19)18-11-6-3-2-5-10(11)15/h2-3,5-6H,4,7-9H2,1H3,(H,18,19)(H2,16,17,22). The molecule has 0 fully saturated rings. The third-order valence-electron chi connectivity index (χ3n) is 2.63. The minimum atomic E-state index is -0.256. The lowest BCUT2D eigenvalue weighted by Crippen LogP contribution is -2.40. The van der Waals surface area contributed by atoms with Crippen LogP contribution in [0.15, 0.2) is 28.7 Å². The molecule has 0 aliphatic rings. The molecule has 3 N–H and O–H groups in total. The number of rotatable bonds is 7. The van der Waals surface area contributed by atoms with Gasteiger partial charge in [-0.3, -0.25) is 9.59 Å². The summed E-state index contributed by atoms with van der Waals surface area (Å²) in [5.41, 5.74) is 0.700. The molecule has 0 radical (unpaired) electrons. The first-order valence-electron chi connectivity index (χ1n) is 6.66. The number of benzene rings is 1. The summed E-state index contributed by atoms with van der Waals surface area (Å²) in [5.74, 6) is -0.459. The first-order valence-corrected chi connectivity index (χ1v) is 7.86. The highest BCUT2D eigenvalue weighted by molar-refractivity contribution is 9.10. The number of methoxy groups -OCH3 is 1. The van der Waals surface area contributed by atoms with Crippen molar-refractivity contribution in [2.24, 2.45) is 0 Å². The first kappa shape index (κ1) is 18.4. The number of thiocarbonyl (C=S) groups is 1. The van der Waals surface area contributed by atoms with Crippen LogP contribution in [0.1, 0.15) is 12.8 Å². The van der Waals surface area contributed by atoms with E-state index in [2.05, 4.69) is 36.6 Å². The zero-order valence-corrected chi connectivity index (χ0v) is 14.6. The maximum absolute atomic E-state index is 11.8. The Kier molecular flexibility index (Phi) is 8.46. The minimum absolute atomic E-state index is 0.0597. The highest BCUT2D eigenvalue weighted by atomic mass is 79.9. The van der Waals surface area contributed by atoms with E-state index in [9.17, 15) is 9.59 Å². The Labute approximate surface area is 143 Å². The van der Waals surface area contributed by atoms with Crippen LogP contribution >= 0.6 is 28.1 Å². The Hall–Kier alpha value is -1.67. The number of carbonyl (C=O) groups is 2. The summed E-state index contributed by atoms with van der Waals surface area (Å²) in [7, 11) is 1.35. The topological polar surface area (TPSA) is 79.5 Å². The van der Waals surface area contributed by atoms with Crippen molar-refractivity contribution >= 4 is 50.8 Å². The number of ether oxygens (including phenoxy) is 1. The summed E-state index contributed by atoms with van der Waals surface area (Å²) in [5, 5.41) is 8.84. The molecule has 0 atom stereocenters. The SMILES string of the molecule is COC(=O)CCCNC(=S)NCC(=O)Nc1ccccc1Br. The average Bonchev–Trinajstić information content (AvgIpc) is 2.51. The number of hydrogen-bond acceptors (Lipinski definition) is 4. The number of halogens is 1. The van der Waals surface area contributed by atoms with Crippen molar-refractivity contribution in [1.82, 2.24) is 10.6 Å². The Bertz CT molecular complexity index is 540. The number of para-hydroxylation sites is 1. The second-order valence-corrected chi connectivity index (χ2v) is 5.58. The van der Waals surface area contributed by atoms with Crippen LogP contribution < -0.4 is 16.0 Å². The molecule has 1 aromatic carbocycles. The van der Waals surface area contributed by atoms with Gasteiger partial charge >= 0.3 is 5.97 Å². The second-order valence-electron chi connectivity index (χ2n) is 4.32. The molecular formula is C14H18BrN3O3S. The molecule has 22 heavy (non-hydrogen) atoms. The third kappa shape index (κ3) is 7.37. The average molecular weight is 388 g/mol. The fourth-order valence-electron chi connectivity index (χ4n) is 1.52. The fraction of sp³-hybridized carbons (Fsp3) is 0.357. The van der Waals surface area contributed by atoms with Crippen molar-refractivity contribution in [2.45, 2.75) is 12.8 Å². The van der Waals surface area contributed by atoms with E-state index in [1.54, 1.807) is 6.07 Å². The van der Waals surface area contributed by atoms with E-state index >= 15 is 0 Å². The molecule has 0 saturated heterocycles. The lowest BCUT2D eigenvalue weighted by Gasteiger charge is -2.11. The molecule has 120 valence electrons. The molecular weight excluding hydrogens is 370 g/mol.